The molecule has 5 rings (SSSR count). The number of nitrogens with one attached hydrogen (secondary N) is 1. The average Bonchev–Trinajstić information content (AvgIpc) is 3.35. The number of nitrogens with zero attached hydrogens (tertiary/aromatic N) is 4. The highest BCUT2D eigenvalue weighted by Gasteiger charge is 2.62. The van der Waals surface area contributed by atoms with Gasteiger partial charge < -0.3 is 15.0 Å². The van der Waals surface area contributed by atoms with Crippen molar-refractivity contribution in [3.05, 3.63) is 47.8 Å². The number of amides is 1. The maximum Gasteiger partial charge on any atom is 0.271 e. The summed E-state index contributed by atoms with van der Waals surface area (Å²) < 4.78 is 6.50. The van der Waals surface area contributed by atoms with E-state index in [2.05, 4.69) is 37.3 Å². The summed E-state index contributed by atoms with van der Waals surface area (Å²) in [5, 5.41) is 3.07. The predicted octanol–water partition coefficient (Wildman–Crippen LogP) is 1.90. The lowest BCUT2D eigenvalue weighted by atomic mass is 9.73. The van der Waals surface area contributed by atoms with E-state index in [-0.39, 0.29) is 17.6 Å². The summed E-state index contributed by atoms with van der Waals surface area (Å²) in [5.74, 6) is 0.608. The molecule has 1 N–H and O–H groups in total. The molecule has 2 aromatic heterocycles. The van der Waals surface area contributed by atoms with Crippen LogP contribution in [0.25, 0.3) is 0 Å². The number of hydrogen-bond acceptors (Lipinski definition) is 6. The number of anilines is 1. The second kappa shape index (κ2) is 6.51. The molecular formula is C21H25N5O2. The van der Waals surface area contributed by atoms with Gasteiger partial charge in [-0.25, -0.2) is 4.98 Å². The molecule has 3 aliphatic rings. The standard InChI is InChI=1S/C21H25N5O2/c1-13-7-15(4-6-22-13)26-11-17-16(19-3-5-21(17,12-26)28-19)9-25-20(27)18-10-23-14(2)8-24-18/h4,6-8,10,16-17,19H,3,5,9,11-12H2,1-2H3,(H,25,27)/t16-,17+,19+,21+/m0/s1. The minimum absolute atomic E-state index is 0.0686. The van der Waals surface area contributed by atoms with Crippen molar-refractivity contribution in [2.24, 2.45) is 11.8 Å². The van der Waals surface area contributed by atoms with Gasteiger partial charge in [0.2, 0.25) is 0 Å². The second-order valence-corrected chi connectivity index (χ2v) is 8.32. The zero-order valence-electron chi connectivity index (χ0n) is 16.3. The quantitative estimate of drug-likeness (QED) is 0.874. The van der Waals surface area contributed by atoms with Gasteiger partial charge in [-0.2, -0.15) is 0 Å². The average molecular weight is 379 g/mol. The number of carbonyl (C=O) groups excluding carboxylic acids is 1. The fourth-order valence-corrected chi connectivity index (χ4v) is 5.20. The molecule has 3 fully saturated rings. The van der Waals surface area contributed by atoms with Crippen molar-refractivity contribution in [3.8, 4) is 0 Å². The highest BCUT2D eigenvalue weighted by Crippen LogP contribution is 2.55. The number of fused-ring (bicyclic) bond motifs is 1. The van der Waals surface area contributed by atoms with Crippen molar-refractivity contribution in [2.45, 2.75) is 38.4 Å². The Labute approximate surface area is 164 Å². The smallest absolute Gasteiger partial charge is 0.271 e. The maximum atomic E-state index is 12.5. The first-order valence-corrected chi connectivity index (χ1v) is 9.96. The first-order chi connectivity index (χ1) is 13.5. The lowest BCUT2D eigenvalue weighted by Gasteiger charge is -2.29. The lowest BCUT2D eigenvalue weighted by Crippen LogP contribution is -2.42. The fourth-order valence-electron chi connectivity index (χ4n) is 5.20. The van der Waals surface area contributed by atoms with Crippen molar-refractivity contribution < 1.29 is 9.53 Å². The summed E-state index contributed by atoms with van der Waals surface area (Å²) in [5.41, 5.74) is 3.34. The summed E-state index contributed by atoms with van der Waals surface area (Å²) in [6.07, 6.45) is 7.45. The van der Waals surface area contributed by atoms with Crippen LogP contribution in [0, 0.1) is 25.7 Å². The Kier molecular flexibility index (Phi) is 4.08. The van der Waals surface area contributed by atoms with Crippen LogP contribution < -0.4 is 10.2 Å². The van der Waals surface area contributed by atoms with E-state index in [0.717, 1.165) is 37.3 Å². The molecule has 0 saturated carbocycles. The fraction of sp³-hybridized carbons (Fsp3) is 0.524. The summed E-state index contributed by atoms with van der Waals surface area (Å²) in [4.78, 5) is 27.5. The number of rotatable bonds is 4. The molecule has 7 nitrogen and oxygen atoms in total. The summed E-state index contributed by atoms with van der Waals surface area (Å²) in [6.45, 7) is 6.38. The number of ether oxygens (including phenoxy) is 1. The number of carbonyl (C=O) groups is 1. The van der Waals surface area contributed by atoms with Gasteiger partial charge in [0.05, 0.1) is 23.6 Å². The Hall–Kier alpha value is -2.54. The van der Waals surface area contributed by atoms with Crippen LogP contribution in [0.1, 0.15) is 34.7 Å². The Bertz CT molecular complexity index is 902. The number of hydrogen-bond donors (Lipinski definition) is 1. The van der Waals surface area contributed by atoms with Crippen LogP contribution in [0.2, 0.25) is 0 Å². The molecule has 2 bridgehead atoms. The zero-order valence-corrected chi connectivity index (χ0v) is 16.3. The van der Waals surface area contributed by atoms with Crippen LogP contribution in [0.15, 0.2) is 30.7 Å². The van der Waals surface area contributed by atoms with E-state index in [9.17, 15) is 4.79 Å². The predicted molar refractivity (Wildman–Crippen MR) is 104 cm³/mol. The molecule has 5 heterocycles. The van der Waals surface area contributed by atoms with E-state index < -0.39 is 0 Å². The van der Waals surface area contributed by atoms with Gasteiger partial charge in [-0.3, -0.25) is 14.8 Å². The van der Waals surface area contributed by atoms with Crippen LogP contribution in [-0.4, -0.2) is 52.2 Å². The van der Waals surface area contributed by atoms with E-state index in [1.165, 1.54) is 11.9 Å². The monoisotopic (exact) mass is 379 g/mol. The molecule has 0 aromatic carbocycles. The third-order valence-corrected chi connectivity index (χ3v) is 6.54. The van der Waals surface area contributed by atoms with Crippen LogP contribution in [-0.2, 0) is 4.74 Å². The zero-order chi connectivity index (χ0) is 19.3. The largest absolute Gasteiger partial charge is 0.369 e. The van der Waals surface area contributed by atoms with Crippen LogP contribution in [0.4, 0.5) is 5.69 Å². The molecule has 0 aliphatic carbocycles. The third-order valence-electron chi connectivity index (χ3n) is 6.54. The minimum Gasteiger partial charge on any atom is -0.369 e. The Morgan fingerprint density at radius 2 is 2.18 bits per heavy atom. The van der Waals surface area contributed by atoms with Crippen molar-refractivity contribution in [2.75, 3.05) is 24.5 Å². The topological polar surface area (TPSA) is 80.2 Å². The third kappa shape index (κ3) is 2.85. The number of aromatic nitrogens is 3. The molecule has 7 heteroatoms. The van der Waals surface area contributed by atoms with E-state index in [0.29, 0.717) is 24.1 Å². The van der Waals surface area contributed by atoms with Gasteiger partial charge in [-0.05, 0) is 38.8 Å². The molecule has 0 unspecified atom stereocenters. The Balaban J connectivity index is 1.29. The molecule has 0 radical (unpaired) electrons. The number of pyridine rings is 1. The molecular weight excluding hydrogens is 354 g/mol. The molecule has 1 spiro atoms. The minimum atomic E-state index is -0.163. The Morgan fingerprint density at radius 3 is 2.96 bits per heavy atom. The van der Waals surface area contributed by atoms with Crippen LogP contribution >= 0.6 is 0 Å². The van der Waals surface area contributed by atoms with Crippen molar-refractivity contribution >= 4 is 11.6 Å². The molecule has 146 valence electrons. The number of aryl methyl sites for hydroxylation is 2. The van der Waals surface area contributed by atoms with Crippen molar-refractivity contribution in [3.63, 3.8) is 0 Å². The maximum absolute atomic E-state index is 12.5. The van der Waals surface area contributed by atoms with Gasteiger partial charge in [-0.15, -0.1) is 0 Å². The van der Waals surface area contributed by atoms with Gasteiger partial charge in [0, 0.05) is 55.2 Å². The normalized spacial score (nSPS) is 30.5. The second-order valence-electron chi connectivity index (χ2n) is 8.32. The molecule has 3 aliphatic heterocycles. The molecule has 28 heavy (non-hydrogen) atoms. The van der Waals surface area contributed by atoms with E-state index >= 15 is 0 Å². The van der Waals surface area contributed by atoms with Gasteiger partial charge in [0.1, 0.15) is 5.69 Å². The highest BCUT2D eigenvalue weighted by molar-refractivity contribution is 5.91. The van der Waals surface area contributed by atoms with Gasteiger partial charge in [0.25, 0.3) is 5.91 Å². The van der Waals surface area contributed by atoms with E-state index in [1.807, 2.05) is 20.0 Å². The van der Waals surface area contributed by atoms with Crippen LogP contribution in [0.3, 0.4) is 0 Å². The Morgan fingerprint density at radius 1 is 1.29 bits per heavy atom. The highest BCUT2D eigenvalue weighted by atomic mass is 16.5. The van der Waals surface area contributed by atoms with Gasteiger partial charge >= 0.3 is 0 Å². The van der Waals surface area contributed by atoms with E-state index in [1.54, 1.807) is 6.20 Å². The van der Waals surface area contributed by atoms with Gasteiger partial charge in [-0.1, -0.05) is 0 Å². The molecule has 2 aromatic rings. The summed E-state index contributed by atoms with van der Waals surface area (Å²) in [6, 6.07) is 4.21. The molecule has 4 atom stereocenters. The molecule has 3 saturated heterocycles. The summed E-state index contributed by atoms with van der Waals surface area (Å²) in [7, 11) is 0. The SMILES string of the molecule is Cc1cnc(C(=O)NC[C@H]2[C@H]3CN(c4ccnc(C)c4)C[C@]34CC[C@H]2O4)cn1. The first-order valence-electron chi connectivity index (χ1n) is 9.96. The van der Waals surface area contributed by atoms with Gasteiger partial charge in [0.15, 0.2) is 0 Å². The first kappa shape index (κ1) is 17.6. The van der Waals surface area contributed by atoms with E-state index in [4.69, 9.17) is 4.74 Å². The lowest BCUT2D eigenvalue weighted by molar-refractivity contribution is 0.0141. The summed E-state index contributed by atoms with van der Waals surface area (Å²) >= 11 is 0. The van der Waals surface area contributed by atoms with Crippen LogP contribution in [0.5, 0.6) is 0 Å². The van der Waals surface area contributed by atoms with Crippen molar-refractivity contribution in [1.82, 2.24) is 20.3 Å². The van der Waals surface area contributed by atoms with Crippen molar-refractivity contribution in [1.29, 1.82) is 0 Å². The molecule has 1 amide bonds.